The molecule has 0 atom stereocenters. The molecular formula is C14H14N4O2. The number of hydrogen-bond acceptors (Lipinski definition) is 4. The summed E-state index contributed by atoms with van der Waals surface area (Å²) < 4.78 is 1.64. The van der Waals surface area contributed by atoms with Crippen LogP contribution in [0.25, 0.3) is 6.08 Å². The average molecular weight is 270 g/mol. The summed E-state index contributed by atoms with van der Waals surface area (Å²) >= 11 is 0. The number of amidine groups is 1. The van der Waals surface area contributed by atoms with E-state index in [0.717, 1.165) is 5.56 Å². The Bertz CT molecular complexity index is 644. The lowest BCUT2D eigenvalue weighted by molar-refractivity contribution is -0.137. The zero-order valence-electron chi connectivity index (χ0n) is 10.9. The Labute approximate surface area is 116 Å². The van der Waals surface area contributed by atoms with Crippen molar-refractivity contribution in [3.05, 3.63) is 59.9 Å². The number of nitrogens with zero attached hydrogens (tertiary/aromatic N) is 3. The molecule has 0 bridgehead atoms. The fraction of sp³-hybridized carbons (Fsp3) is 0.0714. The van der Waals surface area contributed by atoms with Crippen molar-refractivity contribution >= 4 is 17.9 Å². The van der Waals surface area contributed by atoms with Gasteiger partial charge in [0, 0.05) is 30.4 Å². The van der Waals surface area contributed by atoms with E-state index in [1.54, 1.807) is 42.3 Å². The van der Waals surface area contributed by atoms with E-state index in [4.69, 9.17) is 10.6 Å². The third-order valence-electron chi connectivity index (χ3n) is 2.44. The SMILES string of the molecule is Cn1cc(/C=C/C(=O)O/N=C(\N)c2ccccc2)cn1. The molecule has 0 spiro atoms. The third kappa shape index (κ3) is 3.81. The first-order valence-corrected chi connectivity index (χ1v) is 5.92. The summed E-state index contributed by atoms with van der Waals surface area (Å²) in [5.41, 5.74) is 7.18. The smallest absolute Gasteiger partial charge is 0.358 e. The van der Waals surface area contributed by atoms with Gasteiger partial charge in [0.2, 0.25) is 0 Å². The number of carbonyl (C=O) groups is 1. The maximum Gasteiger partial charge on any atom is 0.358 e. The molecule has 6 heteroatoms. The summed E-state index contributed by atoms with van der Waals surface area (Å²) in [6.07, 6.45) is 6.25. The molecule has 1 heterocycles. The topological polar surface area (TPSA) is 82.5 Å². The lowest BCUT2D eigenvalue weighted by Crippen LogP contribution is -2.14. The van der Waals surface area contributed by atoms with Crippen molar-refractivity contribution in [3.63, 3.8) is 0 Å². The van der Waals surface area contributed by atoms with Crippen LogP contribution < -0.4 is 5.73 Å². The Hall–Kier alpha value is -2.89. The first-order valence-electron chi connectivity index (χ1n) is 5.92. The molecular weight excluding hydrogens is 256 g/mol. The molecule has 0 aliphatic heterocycles. The van der Waals surface area contributed by atoms with E-state index >= 15 is 0 Å². The first-order chi connectivity index (χ1) is 9.65. The van der Waals surface area contributed by atoms with Crippen molar-refractivity contribution in [1.82, 2.24) is 9.78 Å². The van der Waals surface area contributed by atoms with Crippen LogP contribution >= 0.6 is 0 Å². The van der Waals surface area contributed by atoms with Crippen molar-refractivity contribution in [2.45, 2.75) is 0 Å². The molecule has 0 aliphatic rings. The summed E-state index contributed by atoms with van der Waals surface area (Å²) in [4.78, 5) is 16.2. The van der Waals surface area contributed by atoms with Crippen LogP contribution in [0.3, 0.4) is 0 Å². The minimum atomic E-state index is -0.604. The predicted molar refractivity (Wildman–Crippen MR) is 75.5 cm³/mol. The highest BCUT2D eigenvalue weighted by atomic mass is 16.7. The molecule has 2 aromatic rings. The van der Waals surface area contributed by atoms with E-state index in [-0.39, 0.29) is 5.84 Å². The molecule has 0 saturated heterocycles. The molecule has 0 fully saturated rings. The number of aryl methyl sites for hydroxylation is 1. The second-order valence-electron chi connectivity index (χ2n) is 4.03. The van der Waals surface area contributed by atoms with E-state index in [0.29, 0.717) is 5.56 Å². The fourth-order valence-electron chi connectivity index (χ4n) is 1.48. The Balaban J connectivity index is 1.93. The van der Waals surface area contributed by atoms with E-state index in [1.807, 2.05) is 18.2 Å². The fourth-order valence-corrected chi connectivity index (χ4v) is 1.48. The molecule has 2 rings (SSSR count). The van der Waals surface area contributed by atoms with Gasteiger partial charge in [-0.2, -0.15) is 5.10 Å². The zero-order chi connectivity index (χ0) is 14.4. The number of nitrogens with two attached hydrogens (primary N) is 1. The number of hydrogen-bond donors (Lipinski definition) is 1. The molecule has 0 unspecified atom stereocenters. The highest BCUT2D eigenvalue weighted by Crippen LogP contribution is 2.01. The Morgan fingerprint density at radius 3 is 2.80 bits per heavy atom. The second-order valence-corrected chi connectivity index (χ2v) is 4.03. The molecule has 0 saturated carbocycles. The molecule has 2 N–H and O–H groups in total. The maximum atomic E-state index is 11.5. The predicted octanol–water partition coefficient (Wildman–Crippen LogP) is 1.30. The Morgan fingerprint density at radius 2 is 2.15 bits per heavy atom. The summed E-state index contributed by atoms with van der Waals surface area (Å²) in [7, 11) is 1.79. The van der Waals surface area contributed by atoms with Gasteiger partial charge in [0.15, 0.2) is 5.84 Å². The highest BCUT2D eigenvalue weighted by Gasteiger charge is 2.00. The maximum absolute atomic E-state index is 11.5. The minimum Gasteiger partial charge on any atom is -0.380 e. The summed E-state index contributed by atoms with van der Waals surface area (Å²) in [6.45, 7) is 0. The molecule has 0 aliphatic carbocycles. The van der Waals surface area contributed by atoms with Gasteiger partial charge in [0.25, 0.3) is 0 Å². The quantitative estimate of drug-likeness (QED) is 0.298. The average Bonchev–Trinajstić information content (AvgIpc) is 2.89. The largest absolute Gasteiger partial charge is 0.380 e. The molecule has 1 aromatic carbocycles. The van der Waals surface area contributed by atoms with Crippen LogP contribution in [0.2, 0.25) is 0 Å². The highest BCUT2D eigenvalue weighted by molar-refractivity contribution is 5.97. The van der Waals surface area contributed by atoms with Crippen LogP contribution in [0.4, 0.5) is 0 Å². The van der Waals surface area contributed by atoms with Gasteiger partial charge in [-0.05, 0) is 6.08 Å². The Kier molecular flexibility index (Phi) is 4.28. The van der Waals surface area contributed by atoms with Crippen LogP contribution in [0.5, 0.6) is 0 Å². The number of rotatable bonds is 4. The van der Waals surface area contributed by atoms with Gasteiger partial charge in [-0.15, -0.1) is 0 Å². The normalized spacial score (nSPS) is 11.8. The summed E-state index contributed by atoms with van der Waals surface area (Å²) in [5, 5.41) is 7.56. The lowest BCUT2D eigenvalue weighted by atomic mass is 10.2. The van der Waals surface area contributed by atoms with Gasteiger partial charge in [0.05, 0.1) is 6.20 Å². The molecule has 20 heavy (non-hydrogen) atoms. The number of oxime groups is 1. The lowest BCUT2D eigenvalue weighted by Gasteiger charge is -1.98. The van der Waals surface area contributed by atoms with Gasteiger partial charge in [-0.25, -0.2) is 4.79 Å². The summed E-state index contributed by atoms with van der Waals surface area (Å²) in [5.74, 6) is -0.457. The van der Waals surface area contributed by atoms with Gasteiger partial charge in [-0.3, -0.25) is 4.68 Å². The van der Waals surface area contributed by atoms with Gasteiger partial charge in [0.1, 0.15) is 0 Å². The van der Waals surface area contributed by atoms with Crippen LogP contribution in [-0.4, -0.2) is 21.6 Å². The van der Waals surface area contributed by atoms with E-state index in [1.165, 1.54) is 6.08 Å². The van der Waals surface area contributed by atoms with Crippen molar-refractivity contribution in [1.29, 1.82) is 0 Å². The van der Waals surface area contributed by atoms with E-state index in [2.05, 4.69) is 10.3 Å². The monoisotopic (exact) mass is 270 g/mol. The number of benzene rings is 1. The van der Waals surface area contributed by atoms with Crippen molar-refractivity contribution in [2.75, 3.05) is 0 Å². The number of aromatic nitrogens is 2. The van der Waals surface area contributed by atoms with E-state index < -0.39 is 5.97 Å². The molecule has 1 aromatic heterocycles. The van der Waals surface area contributed by atoms with Crippen LogP contribution in [0.15, 0.2) is 54.0 Å². The van der Waals surface area contributed by atoms with Gasteiger partial charge in [-0.1, -0.05) is 35.5 Å². The minimum absolute atomic E-state index is 0.147. The van der Waals surface area contributed by atoms with Gasteiger partial charge < -0.3 is 10.6 Å². The first kappa shape index (κ1) is 13.5. The third-order valence-corrected chi connectivity index (χ3v) is 2.44. The standard InChI is InChI=1S/C14H14N4O2/c1-18-10-11(9-16-18)7-8-13(19)20-17-14(15)12-5-3-2-4-6-12/h2-10H,1H3,(H2,15,17)/b8-7+. The van der Waals surface area contributed by atoms with Crippen molar-refractivity contribution < 1.29 is 9.63 Å². The molecule has 0 radical (unpaired) electrons. The molecule has 102 valence electrons. The van der Waals surface area contributed by atoms with Crippen molar-refractivity contribution in [3.8, 4) is 0 Å². The Morgan fingerprint density at radius 1 is 1.40 bits per heavy atom. The molecule has 0 amide bonds. The number of carbonyl (C=O) groups excluding carboxylic acids is 1. The van der Waals surface area contributed by atoms with Crippen LogP contribution in [-0.2, 0) is 16.7 Å². The van der Waals surface area contributed by atoms with Gasteiger partial charge >= 0.3 is 5.97 Å². The second kappa shape index (κ2) is 6.33. The molecule has 6 nitrogen and oxygen atoms in total. The van der Waals surface area contributed by atoms with Crippen LogP contribution in [0, 0.1) is 0 Å². The summed E-state index contributed by atoms with van der Waals surface area (Å²) in [6, 6.07) is 9.05. The van der Waals surface area contributed by atoms with Crippen molar-refractivity contribution in [2.24, 2.45) is 17.9 Å². The van der Waals surface area contributed by atoms with Crippen LogP contribution in [0.1, 0.15) is 11.1 Å². The zero-order valence-corrected chi connectivity index (χ0v) is 10.9. The van der Waals surface area contributed by atoms with E-state index in [9.17, 15) is 4.79 Å².